The van der Waals surface area contributed by atoms with Gasteiger partial charge in [0.15, 0.2) is 0 Å². The molecule has 4 heteroatoms. The molecule has 0 N–H and O–H groups in total. The lowest BCUT2D eigenvalue weighted by atomic mass is 10.1. The van der Waals surface area contributed by atoms with Crippen LogP contribution in [0, 0.1) is 0 Å². The molecule has 0 atom stereocenters. The summed E-state index contributed by atoms with van der Waals surface area (Å²) in [6.45, 7) is 0.583. The lowest BCUT2D eigenvalue weighted by Crippen LogP contribution is -2.04. The molecule has 1 aromatic carbocycles. The van der Waals surface area contributed by atoms with Crippen LogP contribution in [0.25, 0.3) is 0 Å². The van der Waals surface area contributed by atoms with E-state index in [1.165, 1.54) is 7.11 Å². The Morgan fingerprint density at radius 1 is 1.33 bits per heavy atom. The molecule has 0 aliphatic carbocycles. The predicted octanol–water partition coefficient (Wildman–Crippen LogP) is 1.71. The topological polar surface area (TPSA) is 35.5 Å². The molecule has 0 heterocycles. The van der Waals surface area contributed by atoms with E-state index >= 15 is 0 Å². The minimum Gasteiger partial charge on any atom is -0.493 e. The van der Waals surface area contributed by atoms with Gasteiger partial charge in [0.1, 0.15) is 5.75 Å². The molecular formula is C11H14O3S. The summed E-state index contributed by atoms with van der Waals surface area (Å²) in [5.41, 5.74) is 0.917. The van der Waals surface area contributed by atoms with Crippen LogP contribution < -0.4 is 4.74 Å². The number of hydrogen-bond donors (Lipinski definition) is 1. The second-order valence-electron chi connectivity index (χ2n) is 2.97. The number of rotatable bonds is 5. The average molecular weight is 226 g/mol. The van der Waals surface area contributed by atoms with Gasteiger partial charge in [0.05, 0.1) is 20.1 Å². The molecule has 0 bridgehead atoms. The summed E-state index contributed by atoms with van der Waals surface area (Å²) in [7, 11) is 1.38. The van der Waals surface area contributed by atoms with Crippen LogP contribution in [0.5, 0.6) is 5.75 Å². The zero-order valence-electron chi connectivity index (χ0n) is 8.60. The second-order valence-corrected chi connectivity index (χ2v) is 3.42. The third kappa shape index (κ3) is 4.25. The highest BCUT2D eigenvalue weighted by Gasteiger charge is 2.02. The fourth-order valence-electron chi connectivity index (χ4n) is 1.11. The van der Waals surface area contributed by atoms with Crippen molar-refractivity contribution in [1.82, 2.24) is 0 Å². The lowest BCUT2D eigenvalue weighted by molar-refractivity contribution is -0.139. The molecule has 0 spiro atoms. The van der Waals surface area contributed by atoms with Gasteiger partial charge < -0.3 is 9.47 Å². The van der Waals surface area contributed by atoms with Crippen LogP contribution in [0.2, 0.25) is 0 Å². The van der Waals surface area contributed by atoms with Crippen LogP contribution in [0.1, 0.15) is 5.56 Å². The quantitative estimate of drug-likeness (QED) is 0.613. The molecule has 82 valence electrons. The highest BCUT2D eigenvalue weighted by atomic mass is 32.1. The third-order valence-corrected chi connectivity index (χ3v) is 2.04. The molecule has 0 radical (unpaired) electrons. The molecule has 0 saturated carbocycles. The van der Waals surface area contributed by atoms with Crippen LogP contribution >= 0.6 is 12.6 Å². The zero-order chi connectivity index (χ0) is 11.1. The maximum atomic E-state index is 11.0. The maximum Gasteiger partial charge on any atom is 0.309 e. The van der Waals surface area contributed by atoms with Crippen LogP contribution in [0.4, 0.5) is 0 Å². The molecule has 0 saturated heterocycles. The lowest BCUT2D eigenvalue weighted by Gasteiger charge is -2.05. The molecule has 0 aliphatic heterocycles. The first-order valence-corrected chi connectivity index (χ1v) is 5.29. The largest absolute Gasteiger partial charge is 0.493 e. The summed E-state index contributed by atoms with van der Waals surface area (Å²) < 4.78 is 9.92. The van der Waals surface area contributed by atoms with Gasteiger partial charge in [0.2, 0.25) is 0 Å². The van der Waals surface area contributed by atoms with Crippen molar-refractivity contribution in [2.45, 2.75) is 6.42 Å². The summed E-state index contributed by atoms with van der Waals surface area (Å²) in [4.78, 5) is 11.0. The fourth-order valence-corrected chi connectivity index (χ4v) is 1.20. The van der Waals surface area contributed by atoms with Crippen molar-refractivity contribution >= 4 is 18.6 Å². The van der Waals surface area contributed by atoms with E-state index in [0.29, 0.717) is 18.8 Å². The fraction of sp³-hybridized carbons (Fsp3) is 0.364. The molecule has 1 aromatic rings. The Balaban J connectivity index is 2.52. The number of carbonyl (C=O) groups excluding carboxylic acids is 1. The zero-order valence-corrected chi connectivity index (χ0v) is 9.50. The van der Waals surface area contributed by atoms with Gasteiger partial charge in [-0.15, -0.1) is 0 Å². The Morgan fingerprint density at radius 2 is 2.00 bits per heavy atom. The molecule has 3 nitrogen and oxygen atoms in total. The van der Waals surface area contributed by atoms with Gasteiger partial charge in [0, 0.05) is 5.75 Å². The minimum absolute atomic E-state index is 0.237. The van der Waals surface area contributed by atoms with Gasteiger partial charge in [0.25, 0.3) is 0 Å². The van der Waals surface area contributed by atoms with Crippen LogP contribution in [0.3, 0.4) is 0 Å². The van der Waals surface area contributed by atoms with Gasteiger partial charge in [-0.25, -0.2) is 0 Å². The first-order chi connectivity index (χ1) is 7.26. The summed E-state index contributed by atoms with van der Waals surface area (Å²) in [6, 6.07) is 7.37. The predicted molar refractivity (Wildman–Crippen MR) is 61.5 cm³/mol. The molecule has 0 unspecified atom stereocenters. The van der Waals surface area contributed by atoms with E-state index in [9.17, 15) is 4.79 Å². The van der Waals surface area contributed by atoms with E-state index in [-0.39, 0.29) is 5.97 Å². The Labute approximate surface area is 94.8 Å². The molecule has 15 heavy (non-hydrogen) atoms. The Morgan fingerprint density at radius 3 is 2.53 bits per heavy atom. The van der Waals surface area contributed by atoms with Crippen molar-refractivity contribution < 1.29 is 14.3 Å². The standard InChI is InChI=1S/C11H14O3S/c1-13-11(12)8-9-2-4-10(5-3-9)14-6-7-15/h2-5,15H,6-8H2,1H3. The molecular weight excluding hydrogens is 212 g/mol. The number of hydrogen-bond acceptors (Lipinski definition) is 4. The number of esters is 1. The van der Waals surface area contributed by atoms with Gasteiger partial charge in [-0.1, -0.05) is 12.1 Å². The van der Waals surface area contributed by atoms with E-state index in [4.69, 9.17) is 4.74 Å². The van der Waals surface area contributed by atoms with Crippen molar-refractivity contribution in [3.63, 3.8) is 0 Å². The van der Waals surface area contributed by atoms with Crippen molar-refractivity contribution in [2.24, 2.45) is 0 Å². The van der Waals surface area contributed by atoms with E-state index in [1.807, 2.05) is 24.3 Å². The van der Waals surface area contributed by atoms with Gasteiger partial charge in [-0.2, -0.15) is 12.6 Å². The number of methoxy groups -OCH3 is 1. The van der Waals surface area contributed by atoms with E-state index in [1.54, 1.807) is 0 Å². The highest BCUT2D eigenvalue weighted by molar-refractivity contribution is 7.80. The Bertz CT molecular complexity index is 308. The van der Waals surface area contributed by atoms with E-state index < -0.39 is 0 Å². The van der Waals surface area contributed by atoms with Crippen LogP contribution in [-0.4, -0.2) is 25.4 Å². The molecule has 0 fully saturated rings. The number of carbonyl (C=O) groups is 1. The Hall–Kier alpha value is -1.16. The number of thiol groups is 1. The average Bonchev–Trinajstić information content (AvgIpc) is 2.28. The van der Waals surface area contributed by atoms with Crippen LogP contribution in [0.15, 0.2) is 24.3 Å². The van der Waals surface area contributed by atoms with Crippen molar-refractivity contribution in [2.75, 3.05) is 19.5 Å². The first kappa shape index (κ1) is 11.9. The maximum absolute atomic E-state index is 11.0. The van der Waals surface area contributed by atoms with E-state index in [2.05, 4.69) is 17.4 Å². The third-order valence-electron chi connectivity index (χ3n) is 1.86. The van der Waals surface area contributed by atoms with Gasteiger partial charge in [-0.3, -0.25) is 4.79 Å². The smallest absolute Gasteiger partial charge is 0.309 e. The molecule has 0 aliphatic rings. The van der Waals surface area contributed by atoms with Gasteiger partial charge in [-0.05, 0) is 17.7 Å². The van der Waals surface area contributed by atoms with Crippen LogP contribution in [-0.2, 0) is 16.0 Å². The molecule has 0 amide bonds. The first-order valence-electron chi connectivity index (χ1n) is 4.65. The van der Waals surface area contributed by atoms with Gasteiger partial charge >= 0.3 is 5.97 Å². The SMILES string of the molecule is COC(=O)Cc1ccc(OCCS)cc1. The molecule has 1 rings (SSSR count). The highest BCUT2D eigenvalue weighted by Crippen LogP contribution is 2.12. The van der Waals surface area contributed by atoms with Crippen molar-refractivity contribution in [1.29, 1.82) is 0 Å². The Kier molecular flexibility index (Phi) is 5.04. The minimum atomic E-state index is -0.237. The molecule has 0 aromatic heterocycles. The summed E-state index contributed by atoms with van der Waals surface area (Å²) in [5, 5.41) is 0. The number of ether oxygens (including phenoxy) is 2. The summed E-state index contributed by atoms with van der Waals surface area (Å²) in [6.07, 6.45) is 0.295. The number of benzene rings is 1. The van der Waals surface area contributed by atoms with Crippen molar-refractivity contribution in [3.8, 4) is 5.75 Å². The van der Waals surface area contributed by atoms with E-state index in [0.717, 1.165) is 11.3 Å². The monoisotopic (exact) mass is 226 g/mol. The normalized spacial score (nSPS) is 9.73. The summed E-state index contributed by atoms with van der Waals surface area (Å²) in [5.74, 6) is 1.24. The summed E-state index contributed by atoms with van der Waals surface area (Å²) >= 11 is 4.04. The van der Waals surface area contributed by atoms with Crippen molar-refractivity contribution in [3.05, 3.63) is 29.8 Å². The second kappa shape index (κ2) is 6.35.